The maximum absolute atomic E-state index is 6.12. The summed E-state index contributed by atoms with van der Waals surface area (Å²) in [6, 6.07) is 16.3. The number of nitrogens with one attached hydrogen (secondary N) is 1. The van der Waals surface area contributed by atoms with Gasteiger partial charge in [-0.25, -0.2) is 0 Å². The van der Waals surface area contributed by atoms with Crippen LogP contribution in [0.1, 0.15) is 5.56 Å². The van der Waals surface area contributed by atoms with Gasteiger partial charge in [0.05, 0.1) is 10.7 Å². The summed E-state index contributed by atoms with van der Waals surface area (Å²) < 4.78 is 0.996. The van der Waals surface area contributed by atoms with Gasteiger partial charge in [-0.05, 0) is 30.2 Å². The molecule has 0 saturated carbocycles. The van der Waals surface area contributed by atoms with E-state index in [1.165, 1.54) is 5.56 Å². The van der Waals surface area contributed by atoms with E-state index in [4.69, 9.17) is 11.6 Å². The Kier molecular flexibility index (Phi) is 4.46. The zero-order valence-electron chi connectivity index (χ0n) is 9.29. The summed E-state index contributed by atoms with van der Waals surface area (Å²) in [5.74, 6) is 0. The number of rotatable bonds is 4. The molecule has 2 aromatic rings. The molecule has 88 valence electrons. The van der Waals surface area contributed by atoms with Crippen molar-refractivity contribution in [2.24, 2.45) is 0 Å². The van der Waals surface area contributed by atoms with Gasteiger partial charge in [-0.1, -0.05) is 57.9 Å². The number of hydrogen-bond acceptors (Lipinski definition) is 1. The fourth-order valence-electron chi connectivity index (χ4n) is 1.62. The lowest BCUT2D eigenvalue weighted by Gasteiger charge is -2.08. The first-order valence-electron chi connectivity index (χ1n) is 5.48. The van der Waals surface area contributed by atoms with Crippen LogP contribution >= 0.6 is 27.5 Å². The molecule has 0 fully saturated rings. The van der Waals surface area contributed by atoms with Crippen LogP contribution in [0.3, 0.4) is 0 Å². The lowest BCUT2D eigenvalue weighted by Crippen LogP contribution is -2.05. The van der Waals surface area contributed by atoms with E-state index in [0.29, 0.717) is 0 Å². The zero-order valence-corrected chi connectivity index (χ0v) is 11.6. The number of anilines is 1. The third-order valence-corrected chi connectivity index (χ3v) is 3.31. The molecule has 3 heteroatoms. The first-order valence-corrected chi connectivity index (χ1v) is 6.65. The Hall–Kier alpha value is -0.990. The monoisotopic (exact) mass is 309 g/mol. The van der Waals surface area contributed by atoms with E-state index in [0.717, 1.165) is 28.1 Å². The molecular formula is C14H13BrClN. The van der Waals surface area contributed by atoms with E-state index in [1.807, 2.05) is 24.3 Å². The van der Waals surface area contributed by atoms with Gasteiger partial charge < -0.3 is 5.32 Å². The summed E-state index contributed by atoms with van der Waals surface area (Å²) in [6.07, 6.45) is 0.993. The van der Waals surface area contributed by atoms with Crippen molar-refractivity contribution >= 4 is 33.2 Å². The average molecular weight is 311 g/mol. The Balaban J connectivity index is 1.90. The highest BCUT2D eigenvalue weighted by Crippen LogP contribution is 2.25. The Morgan fingerprint density at radius 2 is 1.82 bits per heavy atom. The van der Waals surface area contributed by atoms with Crippen LogP contribution in [-0.2, 0) is 6.42 Å². The molecule has 1 N–H and O–H groups in total. The van der Waals surface area contributed by atoms with Crippen molar-refractivity contribution in [2.45, 2.75) is 6.42 Å². The minimum atomic E-state index is 0.743. The van der Waals surface area contributed by atoms with E-state index in [1.54, 1.807) is 0 Å². The van der Waals surface area contributed by atoms with Gasteiger partial charge >= 0.3 is 0 Å². The summed E-state index contributed by atoms with van der Waals surface area (Å²) in [4.78, 5) is 0. The first-order chi connectivity index (χ1) is 8.25. The molecule has 0 aliphatic heterocycles. The molecule has 0 unspecified atom stereocenters. The summed E-state index contributed by atoms with van der Waals surface area (Å²) in [7, 11) is 0. The normalized spacial score (nSPS) is 10.2. The van der Waals surface area contributed by atoms with Crippen LogP contribution in [0.4, 0.5) is 5.69 Å². The third-order valence-electron chi connectivity index (χ3n) is 2.50. The summed E-state index contributed by atoms with van der Waals surface area (Å²) in [5.41, 5.74) is 2.30. The van der Waals surface area contributed by atoms with Crippen LogP contribution in [0.25, 0.3) is 0 Å². The molecule has 0 bridgehead atoms. The minimum Gasteiger partial charge on any atom is -0.384 e. The number of benzene rings is 2. The third kappa shape index (κ3) is 3.76. The second kappa shape index (κ2) is 6.08. The maximum Gasteiger partial charge on any atom is 0.0648 e. The molecule has 0 aromatic heterocycles. The van der Waals surface area contributed by atoms with Crippen molar-refractivity contribution in [2.75, 3.05) is 11.9 Å². The van der Waals surface area contributed by atoms with E-state index in [9.17, 15) is 0 Å². The molecule has 0 radical (unpaired) electrons. The Labute approximate surface area is 115 Å². The topological polar surface area (TPSA) is 12.0 Å². The molecule has 2 rings (SSSR count). The van der Waals surface area contributed by atoms with E-state index < -0.39 is 0 Å². The summed E-state index contributed by atoms with van der Waals surface area (Å²) in [6.45, 7) is 0.880. The number of hydrogen-bond donors (Lipinski definition) is 1. The standard InChI is InChI=1S/C14H13BrClN/c15-12-6-7-14(13(16)10-12)17-9-8-11-4-2-1-3-5-11/h1-7,10,17H,8-9H2. The van der Waals surface area contributed by atoms with Gasteiger partial charge in [-0.3, -0.25) is 0 Å². The molecule has 0 spiro atoms. The van der Waals surface area contributed by atoms with Crippen molar-refractivity contribution in [3.05, 3.63) is 63.6 Å². The predicted molar refractivity (Wildman–Crippen MR) is 77.8 cm³/mol. The van der Waals surface area contributed by atoms with Crippen LogP contribution in [0.2, 0.25) is 5.02 Å². The molecule has 1 nitrogen and oxygen atoms in total. The van der Waals surface area contributed by atoms with Crippen LogP contribution in [-0.4, -0.2) is 6.54 Å². The van der Waals surface area contributed by atoms with Gasteiger partial charge in [0, 0.05) is 11.0 Å². The van der Waals surface area contributed by atoms with E-state index in [-0.39, 0.29) is 0 Å². The fraction of sp³-hybridized carbons (Fsp3) is 0.143. The van der Waals surface area contributed by atoms with Crippen molar-refractivity contribution in [3.63, 3.8) is 0 Å². The largest absolute Gasteiger partial charge is 0.384 e. The lowest BCUT2D eigenvalue weighted by molar-refractivity contribution is 1.02. The first kappa shape index (κ1) is 12.5. The minimum absolute atomic E-state index is 0.743. The van der Waals surface area contributed by atoms with Crippen molar-refractivity contribution in [1.82, 2.24) is 0 Å². The maximum atomic E-state index is 6.12. The zero-order chi connectivity index (χ0) is 12.1. The predicted octanol–water partition coefficient (Wildman–Crippen LogP) is 4.76. The highest BCUT2D eigenvalue weighted by atomic mass is 79.9. The second-order valence-corrected chi connectivity index (χ2v) is 5.11. The SMILES string of the molecule is Clc1cc(Br)ccc1NCCc1ccccc1. The Morgan fingerprint density at radius 1 is 1.06 bits per heavy atom. The molecule has 17 heavy (non-hydrogen) atoms. The highest BCUT2D eigenvalue weighted by Gasteiger charge is 2.00. The average Bonchev–Trinajstić information content (AvgIpc) is 2.33. The van der Waals surface area contributed by atoms with Gasteiger partial charge in [-0.2, -0.15) is 0 Å². The van der Waals surface area contributed by atoms with Gasteiger partial charge in [0.1, 0.15) is 0 Å². The van der Waals surface area contributed by atoms with Gasteiger partial charge in [0.2, 0.25) is 0 Å². The second-order valence-electron chi connectivity index (χ2n) is 3.79. The molecule has 0 aliphatic carbocycles. The summed E-state index contributed by atoms with van der Waals surface area (Å²) >= 11 is 9.51. The van der Waals surface area contributed by atoms with Crippen molar-refractivity contribution < 1.29 is 0 Å². The lowest BCUT2D eigenvalue weighted by atomic mass is 10.1. The van der Waals surface area contributed by atoms with Gasteiger partial charge in [0.15, 0.2) is 0 Å². The van der Waals surface area contributed by atoms with E-state index in [2.05, 4.69) is 45.5 Å². The van der Waals surface area contributed by atoms with Crippen LogP contribution < -0.4 is 5.32 Å². The van der Waals surface area contributed by atoms with Gasteiger partial charge in [-0.15, -0.1) is 0 Å². The van der Waals surface area contributed by atoms with Crippen LogP contribution in [0.5, 0.6) is 0 Å². The van der Waals surface area contributed by atoms with Crippen molar-refractivity contribution in [1.29, 1.82) is 0 Å². The van der Waals surface area contributed by atoms with E-state index >= 15 is 0 Å². The molecule has 0 saturated heterocycles. The summed E-state index contributed by atoms with van der Waals surface area (Å²) in [5, 5.41) is 4.08. The number of halogens is 2. The van der Waals surface area contributed by atoms with Crippen molar-refractivity contribution in [3.8, 4) is 0 Å². The fourth-order valence-corrected chi connectivity index (χ4v) is 2.36. The quantitative estimate of drug-likeness (QED) is 0.858. The molecule has 0 heterocycles. The van der Waals surface area contributed by atoms with Crippen LogP contribution in [0.15, 0.2) is 53.0 Å². The molecule has 2 aromatic carbocycles. The molecule has 0 aliphatic rings. The Bertz CT molecular complexity index is 485. The van der Waals surface area contributed by atoms with Crippen LogP contribution in [0, 0.1) is 0 Å². The highest BCUT2D eigenvalue weighted by molar-refractivity contribution is 9.10. The Morgan fingerprint density at radius 3 is 2.53 bits per heavy atom. The molecular weight excluding hydrogens is 298 g/mol. The smallest absolute Gasteiger partial charge is 0.0648 e. The van der Waals surface area contributed by atoms with Gasteiger partial charge in [0.25, 0.3) is 0 Å². The molecule has 0 atom stereocenters. The molecule has 0 amide bonds.